The van der Waals surface area contributed by atoms with Gasteiger partial charge in [-0.3, -0.25) is 4.98 Å². The van der Waals surface area contributed by atoms with Gasteiger partial charge in [0.05, 0.1) is 12.3 Å². The van der Waals surface area contributed by atoms with Gasteiger partial charge in [-0.2, -0.15) is 0 Å². The van der Waals surface area contributed by atoms with Gasteiger partial charge in [0.2, 0.25) is 0 Å². The average molecular weight is 238 g/mol. The lowest BCUT2D eigenvalue weighted by molar-refractivity contribution is 0.491. The third-order valence-corrected chi connectivity index (χ3v) is 3.02. The first-order valence-corrected chi connectivity index (χ1v) is 5.97. The minimum Gasteiger partial charge on any atom is -0.467 e. The van der Waals surface area contributed by atoms with Crippen molar-refractivity contribution >= 4 is 16.5 Å². The predicted molar refractivity (Wildman–Crippen MR) is 72.5 cm³/mol. The minimum atomic E-state index is 0.138. The lowest BCUT2D eigenvalue weighted by Crippen LogP contribution is -2.05. The van der Waals surface area contributed by atoms with E-state index in [0.717, 1.165) is 16.8 Å². The highest BCUT2D eigenvalue weighted by Crippen LogP contribution is 2.26. The standard InChI is InChI=1S/C15H14N2O/c1-11(15-6-3-9-18-15)17-14-5-2-4-12-10-16-8-7-13(12)14/h2-11,17H,1H3. The van der Waals surface area contributed by atoms with Gasteiger partial charge in [-0.25, -0.2) is 0 Å². The maximum atomic E-state index is 5.40. The van der Waals surface area contributed by atoms with Crippen LogP contribution in [-0.4, -0.2) is 4.98 Å². The molecule has 0 aliphatic rings. The number of nitrogens with one attached hydrogen (secondary N) is 1. The Morgan fingerprint density at radius 1 is 1.17 bits per heavy atom. The predicted octanol–water partition coefficient (Wildman–Crippen LogP) is 4.00. The molecule has 1 unspecified atom stereocenters. The summed E-state index contributed by atoms with van der Waals surface area (Å²) in [7, 11) is 0. The first-order chi connectivity index (χ1) is 8.84. The number of rotatable bonds is 3. The van der Waals surface area contributed by atoms with Crippen LogP contribution in [0.2, 0.25) is 0 Å². The second kappa shape index (κ2) is 4.53. The van der Waals surface area contributed by atoms with Crippen LogP contribution in [0.1, 0.15) is 18.7 Å². The van der Waals surface area contributed by atoms with Crippen molar-refractivity contribution in [2.24, 2.45) is 0 Å². The maximum absolute atomic E-state index is 5.40. The Labute approximate surface area is 105 Å². The van der Waals surface area contributed by atoms with E-state index in [9.17, 15) is 0 Å². The van der Waals surface area contributed by atoms with Gasteiger partial charge in [0, 0.05) is 28.9 Å². The zero-order valence-corrected chi connectivity index (χ0v) is 10.1. The van der Waals surface area contributed by atoms with Crippen LogP contribution in [0.3, 0.4) is 0 Å². The van der Waals surface area contributed by atoms with Crippen molar-refractivity contribution in [3.63, 3.8) is 0 Å². The molecule has 0 fully saturated rings. The first kappa shape index (κ1) is 10.8. The van der Waals surface area contributed by atoms with Gasteiger partial charge in [-0.15, -0.1) is 0 Å². The molecule has 0 aliphatic heterocycles. The fourth-order valence-corrected chi connectivity index (χ4v) is 2.09. The summed E-state index contributed by atoms with van der Waals surface area (Å²) >= 11 is 0. The SMILES string of the molecule is CC(Nc1cccc2cnccc12)c1ccco1. The third-order valence-electron chi connectivity index (χ3n) is 3.02. The summed E-state index contributed by atoms with van der Waals surface area (Å²) in [5.41, 5.74) is 1.10. The number of anilines is 1. The van der Waals surface area contributed by atoms with E-state index in [1.807, 2.05) is 36.7 Å². The molecular weight excluding hydrogens is 224 g/mol. The van der Waals surface area contributed by atoms with Crippen molar-refractivity contribution in [3.05, 3.63) is 60.8 Å². The smallest absolute Gasteiger partial charge is 0.125 e. The number of benzene rings is 1. The van der Waals surface area contributed by atoms with Crippen molar-refractivity contribution in [1.82, 2.24) is 4.98 Å². The van der Waals surface area contributed by atoms with Crippen molar-refractivity contribution in [2.45, 2.75) is 13.0 Å². The van der Waals surface area contributed by atoms with Crippen LogP contribution in [-0.2, 0) is 0 Å². The summed E-state index contributed by atoms with van der Waals surface area (Å²) in [5, 5.41) is 5.77. The summed E-state index contributed by atoms with van der Waals surface area (Å²) < 4.78 is 5.40. The van der Waals surface area contributed by atoms with Crippen molar-refractivity contribution in [3.8, 4) is 0 Å². The zero-order chi connectivity index (χ0) is 12.4. The summed E-state index contributed by atoms with van der Waals surface area (Å²) in [6.45, 7) is 2.08. The molecule has 0 radical (unpaired) electrons. The Balaban J connectivity index is 1.95. The highest BCUT2D eigenvalue weighted by Gasteiger charge is 2.09. The average Bonchev–Trinajstić information content (AvgIpc) is 2.93. The van der Waals surface area contributed by atoms with E-state index in [-0.39, 0.29) is 6.04 Å². The molecule has 0 amide bonds. The van der Waals surface area contributed by atoms with E-state index in [1.54, 1.807) is 6.26 Å². The van der Waals surface area contributed by atoms with Gasteiger partial charge in [0.1, 0.15) is 5.76 Å². The Morgan fingerprint density at radius 3 is 2.94 bits per heavy atom. The second-order valence-electron chi connectivity index (χ2n) is 4.28. The Kier molecular flexibility index (Phi) is 2.73. The molecule has 0 aliphatic carbocycles. The van der Waals surface area contributed by atoms with Gasteiger partial charge in [0.15, 0.2) is 0 Å². The summed E-state index contributed by atoms with van der Waals surface area (Å²) in [5.74, 6) is 0.932. The van der Waals surface area contributed by atoms with E-state index in [4.69, 9.17) is 4.42 Å². The Bertz CT molecular complexity index is 641. The topological polar surface area (TPSA) is 38.1 Å². The van der Waals surface area contributed by atoms with Crippen LogP contribution in [0.15, 0.2) is 59.5 Å². The quantitative estimate of drug-likeness (QED) is 0.749. The lowest BCUT2D eigenvalue weighted by atomic mass is 10.1. The second-order valence-corrected chi connectivity index (χ2v) is 4.28. The molecule has 3 aromatic rings. The number of furan rings is 1. The van der Waals surface area contributed by atoms with Gasteiger partial charge < -0.3 is 9.73 Å². The molecule has 0 spiro atoms. The Morgan fingerprint density at radius 2 is 2.11 bits per heavy atom. The first-order valence-electron chi connectivity index (χ1n) is 5.97. The molecular formula is C15H14N2O. The van der Waals surface area contributed by atoms with E-state index in [1.165, 1.54) is 5.39 Å². The summed E-state index contributed by atoms with van der Waals surface area (Å²) in [6.07, 6.45) is 5.38. The van der Waals surface area contributed by atoms with Gasteiger partial charge in [-0.05, 0) is 31.2 Å². The number of fused-ring (bicyclic) bond motifs is 1. The van der Waals surface area contributed by atoms with E-state index in [0.29, 0.717) is 0 Å². The fraction of sp³-hybridized carbons (Fsp3) is 0.133. The highest BCUT2D eigenvalue weighted by molar-refractivity contribution is 5.93. The van der Waals surface area contributed by atoms with Crippen LogP contribution >= 0.6 is 0 Å². The van der Waals surface area contributed by atoms with E-state index < -0.39 is 0 Å². The van der Waals surface area contributed by atoms with Crippen LogP contribution < -0.4 is 5.32 Å². The maximum Gasteiger partial charge on any atom is 0.125 e. The fourth-order valence-electron chi connectivity index (χ4n) is 2.09. The van der Waals surface area contributed by atoms with Gasteiger partial charge in [0.25, 0.3) is 0 Å². The third kappa shape index (κ3) is 1.95. The Hall–Kier alpha value is -2.29. The largest absolute Gasteiger partial charge is 0.467 e. The number of pyridine rings is 1. The molecule has 90 valence electrons. The van der Waals surface area contributed by atoms with E-state index in [2.05, 4.69) is 29.4 Å². The molecule has 0 saturated carbocycles. The molecule has 1 atom stereocenters. The van der Waals surface area contributed by atoms with Crippen LogP contribution in [0.25, 0.3) is 10.8 Å². The van der Waals surface area contributed by atoms with Crippen molar-refractivity contribution in [2.75, 3.05) is 5.32 Å². The van der Waals surface area contributed by atoms with E-state index >= 15 is 0 Å². The molecule has 3 nitrogen and oxygen atoms in total. The monoisotopic (exact) mass is 238 g/mol. The molecule has 3 heteroatoms. The molecule has 0 saturated heterocycles. The van der Waals surface area contributed by atoms with Crippen LogP contribution in [0, 0.1) is 0 Å². The molecule has 3 rings (SSSR count). The van der Waals surface area contributed by atoms with Gasteiger partial charge in [-0.1, -0.05) is 12.1 Å². The number of hydrogen-bond donors (Lipinski definition) is 1. The lowest BCUT2D eigenvalue weighted by Gasteiger charge is -2.14. The summed E-state index contributed by atoms with van der Waals surface area (Å²) in [6, 6.07) is 12.2. The van der Waals surface area contributed by atoms with Crippen molar-refractivity contribution < 1.29 is 4.42 Å². The van der Waals surface area contributed by atoms with Crippen molar-refractivity contribution in [1.29, 1.82) is 0 Å². The molecule has 2 heterocycles. The summed E-state index contributed by atoms with van der Waals surface area (Å²) in [4.78, 5) is 4.14. The highest BCUT2D eigenvalue weighted by atomic mass is 16.3. The molecule has 18 heavy (non-hydrogen) atoms. The number of hydrogen-bond acceptors (Lipinski definition) is 3. The molecule has 0 bridgehead atoms. The van der Waals surface area contributed by atoms with Gasteiger partial charge >= 0.3 is 0 Å². The minimum absolute atomic E-state index is 0.138. The number of nitrogens with zero attached hydrogens (tertiary/aromatic N) is 1. The van der Waals surface area contributed by atoms with Crippen LogP contribution in [0.5, 0.6) is 0 Å². The normalized spacial score (nSPS) is 12.5. The molecule has 2 aromatic heterocycles. The number of aromatic nitrogens is 1. The molecule has 1 N–H and O–H groups in total. The zero-order valence-electron chi connectivity index (χ0n) is 10.1. The van der Waals surface area contributed by atoms with Crippen LogP contribution in [0.4, 0.5) is 5.69 Å². The molecule has 1 aromatic carbocycles.